The van der Waals surface area contributed by atoms with Gasteiger partial charge in [0.1, 0.15) is 5.76 Å². The monoisotopic (exact) mass is 257 g/mol. The van der Waals surface area contributed by atoms with Crippen LogP contribution in [0.4, 0.5) is 0 Å². The molecule has 0 saturated heterocycles. The molecule has 2 heterocycles. The summed E-state index contributed by atoms with van der Waals surface area (Å²) in [4.78, 5) is 6.53. The lowest BCUT2D eigenvalue weighted by molar-refractivity contribution is 0.168. The van der Waals surface area contributed by atoms with Gasteiger partial charge in [0.15, 0.2) is 0 Å². The molecule has 0 aliphatic heterocycles. The second-order valence-corrected chi connectivity index (χ2v) is 5.01. The van der Waals surface area contributed by atoms with Gasteiger partial charge in [0, 0.05) is 31.0 Å². The maximum absolute atomic E-state index is 6.01. The second-order valence-electron chi connectivity index (χ2n) is 5.01. The molecule has 19 heavy (non-hydrogen) atoms. The molecule has 100 valence electrons. The van der Waals surface area contributed by atoms with Crippen molar-refractivity contribution in [3.63, 3.8) is 0 Å². The highest BCUT2D eigenvalue weighted by atomic mass is 16.3. The maximum atomic E-state index is 6.01. The fourth-order valence-electron chi connectivity index (χ4n) is 2.53. The average Bonchev–Trinajstić information content (AvgIpc) is 3.17. The van der Waals surface area contributed by atoms with E-state index in [9.17, 15) is 0 Å². The Morgan fingerprint density at radius 3 is 2.68 bits per heavy atom. The molecule has 1 saturated carbocycles. The zero-order valence-corrected chi connectivity index (χ0v) is 10.9. The molecule has 0 bridgehead atoms. The lowest BCUT2D eigenvalue weighted by Gasteiger charge is -2.30. The van der Waals surface area contributed by atoms with Crippen LogP contribution >= 0.6 is 0 Å². The first-order valence-electron chi connectivity index (χ1n) is 6.76. The van der Waals surface area contributed by atoms with Crippen LogP contribution in [0.2, 0.25) is 0 Å². The van der Waals surface area contributed by atoms with Crippen molar-refractivity contribution >= 4 is 0 Å². The minimum Gasteiger partial charge on any atom is -0.468 e. The number of furan rings is 1. The molecular weight excluding hydrogens is 238 g/mol. The number of aromatic nitrogens is 1. The largest absolute Gasteiger partial charge is 0.468 e. The molecule has 1 fully saturated rings. The van der Waals surface area contributed by atoms with Crippen molar-refractivity contribution in [2.45, 2.75) is 31.5 Å². The van der Waals surface area contributed by atoms with Crippen LogP contribution in [0.5, 0.6) is 0 Å². The molecule has 2 aromatic heterocycles. The summed E-state index contributed by atoms with van der Waals surface area (Å²) in [5.41, 5.74) is 7.24. The summed E-state index contributed by atoms with van der Waals surface area (Å²) in [5.74, 6) is 0.999. The van der Waals surface area contributed by atoms with Crippen LogP contribution in [-0.2, 0) is 6.54 Å². The van der Waals surface area contributed by atoms with Crippen LogP contribution in [-0.4, -0.2) is 22.5 Å². The number of nitrogens with zero attached hydrogens (tertiary/aromatic N) is 2. The second kappa shape index (κ2) is 5.55. The summed E-state index contributed by atoms with van der Waals surface area (Å²) in [5, 5.41) is 0. The van der Waals surface area contributed by atoms with E-state index in [1.54, 1.807) is 6.26 Å². The highest BCUT2D eigenvalue weighted by Gasteiger charge is 2.34. The van der Waals surface area contributed by atoms with Gasteiger partial charge >= 0.3 is 0 Å². The number of rotatable bonds is 6. The van der Waals surface area contributed by atoms with Gasteiger partial charge in [-0.05, 0) is 42.7 Å². The van der Waals surface area contributed by atoms with Crippen molar-refractivity contribution in [2.24, 2.45) is 5.73 Å². The summed E-state index contributed by atoms with van der Waals surface area (Å²) in [6, 6.07) is 8.93. The minimum atomic E-state index is 0.237. The molecule has 2 N–H and O–H groups in total. The standard InChI is InChI=1S/C15H19N3O/c16-10-15(12-5-7-17-8-6-12)18(13-3-4-13)11-14-2-1-9-19-14/h1-2,5-9,13,15H,3-4,10-11,16H2. The van der Waals surface area contributed by atoms with E-state index in [0.29, 0.717) is 12.6 Å². The van der Waals surface area contributed by atoms with E-state index in [4.69, 9.17) is 10.2 Å². The zero-order chi connectivity index (χ0) is 13.1. The predicted molar refractivity (Wildman–Crippen MR) is 73.3 cm³/mol. The summed E-state index contributed by atoms with van der Waals surface area (Å²) in [7, 11) is 0. The van der Waals surface area contributed by atoms with E-state index in [2.05, 4.69) is 22.0 Å². The highest BCUT2D eigenvalue weighted by molar-refractivity contribution is 5.17. The van der Waals surface area contributed by atoms with E-state index >= 15 is 0 Å². The Kier molecular flexibility index (Phi) is 3.62. The normalized spacial score (nSPS) is 16.7. The summed E-state index contributed by atoms with van der Waals surface area (Å²) in [6.45, 7) is 1.43. The lowest BCUT2D eigenvalue weighted by atomic mass is 10.1. The summed E-state index contributed by atoms with van der Waals surface area (Å²) in [6.07, 6.45) is 7.89. The Bertz CT molecular complexity index is 493. The smallest absolute Gasteiger partial charge is 0.117 e. The van der Waals surface area contributed by atoms with Gasteiger partial charge in [-0.25, -0.2) is 0 Å². The molecule has 1 aliphatic rings. The van der Waals surface area contributed by atoms with Gasteiger partial charge in [-0.2, -0.15) is 0 Å². The third kappa shape index (κ3) is 2.85. The SMILES string of the molecule is NCC(c1ccncc1)N(Cc1ccco1)C1CC1. The van der Waals surface area contributed by atoms with Crippen molar-refractivity contribution in [2.75, 3.05) is 6.54 Å². The number of pyridine rings is 1. The van der Waals surface area contributed by atoms with Gasteiger partial charge in [-0.3, -0.25) is 9.88 Å². The van der Waals surface area contributed by atoms with Crippen LogP contribution < -0.4 is 5.73 Å². The maximum Gasteiger partial charge on any atom is 0.117 e. The van der Waals surface area contributed by atoms with Crippen LogP contribution in [0.25, 0.3) is 0 Å². The zero-order valence-electron chi connectivity index (χ0n) is 10.9. The van der Waals surface area contributed by atoms with Gasteiger partial charge in [-0.1, -0.05) is 0 Å². The van der Waals surface area contributed by atoms with Gasteiger partial charge in [0.2, 0.25) is 0 Å². The fraction of sp³-hybridized carbons (Fsp3) is 0.400. The molecule has 0 amide bonds. The molecule has 4 heteroatoms. The van der Waals surface area contributed by atoms with Crippen molar-refractivity contribution in [1.82, 2.24) is 9.88 Å². The fourth-order valence-corrected chi connectivity index (χ4v) is 2.53. The first-order valence-corrected chi connectivity index (χ1v) is 6.76. The third-order valence-electron chi connectivity index (χ3n) is 3.65. The molecular formula is C15H19N3O. The van der Waals surface area contributed by atoms with Crippen LogP contribution in [0.3, 0.4) is 0 Å². The predicted octanol–water partition coefficient (Wildman–Crippen LogP) is 2.34. The lowest BCUT2D eigenvalue weighted by Crippen LogP contribution is -2.35. The third-order valence-corrected chi connectivity index (χ3v) is 3.65. The Hall–Kier alpha value is -1.65. The van der Waals surface area contributed by atoms with E-state index in [1.165, 1.54) is 18.4 Å². The van der Waals surface area contributed by atoms with Gasteiger partial charge in [0.25, 0.3) is 0 Å². The van der Waals surface area contributed by atoms with E-state index in [0.717, 1.165) is 12.3 Å². The van der Waals surface area contributed by atoms with Crippen LogP contribution in [0.1, 0.15) is 30.2 Å². The van der Waals surface area contributed by atoms with Gasteiger partial charge < -0.3 is 10.2 Å². The number of nitrogens with two attached hydrogens (primary N) is 1. The first-order chi connectivity index (χ1) is 9.38. The average molecular weight is 257 g/mol. The molecule has 1 aliphatic carbocycles. The molecule has 0 aromatic carbocycles. The van der Waals surface area contributed by atoms with Gasteiger partial charge in [-0.15, -0.1) is 0 Å². The Labute approximate surface area is 113 Å². The van der Waals surface area contributed by atoms with Crippen molar-refractivity contribution in [3.8, 4) is 0 Å². The molecule has 3 rings (SSSR count). The van der Waals surface area contributed by atoms with E-state index in [-0.39, 0.29) is 6.04 Å². The summed E-state index contributed by atoms with van der Waals surface area (Å²) >= 11 is 0. The minimum absolute atomic E-state index is 0.237. The van der Waals surface area contributed by atoms with Crippen LogP contribution in [0, 0.1) is 0 Å². The van der Waals surface area contributed by atoms with E-state index < -0.39 is 0 Å². The topological polar surface area (TPSA) is 55.3 Å². The molecule has 4 nitrogen and oxygen atoms in total. The molecule has 1 unspecified atom stereocenters. The first kappa shape index (κ1) is 12.4. The van der Waals surface area contributed by atoms with Crippen LogP contribution in [0.15, 0.2) is 47.3 Å². The molecule has 0 spiro atoms. The van der Waals surface area contributed by atoms with Crippen molar-refractivity contribution in [1.29, 1.82) is 0 Å². The Morgan fingerprint density at radius 1 is 1.32 bits per heavy atom. The summed E-state index contributed by atoms with van der Waals surface area (Å²) < 4.78 is 5.48. The Balaban J connectivity index is 1.81. The highest BCUT2D eigenvalue weighted by Crippen LogP contribution is 2.35. The van der Waals surface area contributed by atoms with E-state index in [1.807, 2.05) is 24.5 Å². The van der Waals surface area contributed by atoms with Gasteiger partial charge in [0.05, 0.1) is 12.8 Å². The number of hydrogen-bond acceptors (Lipinski definition) is 4. The quantitative estimate of drug-likeness (QED) is 0.863. The molecule has 1 atom stereocenters. The molecule has 2 aromatic rings. The van der Waals surface area contributed by atoms with Crippen molar-refractivity contribution < 1.29 is 4.42 Å². The van der Waals surface area contributed by atoms with Crippen molar-refractivity contribution in [3.05, 3.63) is 54.2 Å². The Morgan fingerprint density at radius 2 is 2.11 bits per heavy atom. The molecule has 0 radical (unpaired) electrons. The number of hydrogen-bond donors (Lipinski definition) is 1.